The van der Waals surface area contributed by atoms with Gasteiger partial charge in [0.15, 0.2) is 0 Å². The van der Waals surface area contributed by atoms with E-state index < -0.39 is 20.0 Å². The summed E-state index contributed by atoms with van der Waals surface area (Å²) in [5.41, 5.74) is 4.10. The van der Waals surface area contributed by atoms with Crippen LogP contribution < -0.4 is 9.44 Å². The lowest BCUT2D eigenvalue weighted by Crippen LogP contribution is -2.16. The van der Waals surface area contributed by atoms with Crippen molar-refractivity contribution in [2.24, 2.45) is 0 Å². The Hall–Kier alpha value is -2.84. The van der Waals surface area contributed by atoms with E-state index in [2.05, 4.69) is 9.44 Å². The molecule has 0 bridgehead atoms. The Morgan fingerprint density at radius 3 is 1.83 bits per heavy atom. The minimum absolute atomic E-state index is 0.0390. The molecule has 0 aliphatic carbocycles. The third-order valence-electron chi connectivity index (χ3n) is 4.68. The van der Waals surface area contributed by atoms with Crippen molar-refractivity contribution >= 4 is 31.4 Å². The second-order valence-corrected chi connectivity index (χ2v) is 10.7. The molecule has 0 aliphatic heterocycles. The van der Waals surface area contributed by atoms with Gasteiger partial charge in [-0.3, -0.25) is 9.44 Å². The minimum Gasteiger partial charge on any atom is -0.280 e. The summed E-state index contributed by atoms with van der Waals surface area (Å²) in [5, 5.41) is 0. The summed E-state index contributed by atoms with van der Waals surface area (Å²) in [6.45, 7) is 7.31. The lowest BCUT2D eigenvalue weighted by molar-refractivity contribution is 0.599. The number of aryl methyl sites for hydroxylation is 4. The van der Waals surface area contributed by atoms with Crippen molar-refractivity contribution in [2.45, 2.75) is 37.5 Å². The Labute approximate surface area is 178 Å². The molecule has 8 heteroatoms. The molecular formula is C22H24N2O4S2. The summed E-state index contributed by atoms with van der Waals surface area (Å²) in [6, 6.07) is 16.2. The van der Waals surface area contributed by atoms with E-state index in [4.69, 9.17) is 0 Å². The SMILES string of the molecule is Cc1ccc(NS(=O)(=O)c2ccc(NS(=O)(=O)c3cc(C)ccc3C)cc2)c(C)c1. The summed E-state index contributed by atoms with van der Waals surface area (Å²) < 4.78 is 55.9. The first kappa shape index (κ1) is 21.9. The number of hydrogen-bond donors (Lipinski definition) is 2. The van der Waals surface area contributed by atoms with Crippen molar-refractivity contribution in [3.8, 4) is 0 Å². The van der Waals surface area contributed by atoms with Crippen molar-refractivity contribution in [1.29, 1.82) is 0 Å². The average Bonchev–Trinajstić information content (AvgIpc) is 2.66. The fourth-order valence-electron chi connectivity index (χ4n) is 3.04. The molecular weight excluding hydrogens is 420 g/mol. The van der Waals surface area contributed by atoms with Gasteiger partial charge >= 0.3 is 0 Å². The highest BCUT2D eigenvalue weighted by atomic mass is 32.2. The number of rotatable bonds is 6. The normalized spacial score (nSPS) is 11.9. The van der Waals surface area contributed by atoms with Crippen LogP contribution in [0.4, 0.5) is 11.4 Å². The maximum Gasteiger partial charge on any atom is 0.262 e. The summed E-state index contributed by atoms with van der Waals surface area (Å²) in [5.74, 6) is 0. The molecule has 0 unspecified atom stereocenters. The van der Waals surface area contributed by atoms with Crippen LogP contribution in [0.3, 0.4) is 0 Å². The van der Waals surface area contributed by atoms with E-state index in [0.717, 1.165) is 16.7 Å². The van der Waals surface area contributed by atoms with Crippen LogP contribution in [0.2, 0.25) is 0 Å². The molecule has 0 heterocycles. The van der Waals surface area contributed by atoms with Crippen LogP contribution in [0.1, 0.15) is 22.3 Å². The van der Waals surface area contributed by atoms with Gasteiger partial charge in [-0.15, -0.1) is 0 Å². The van der Waals surface area contributed by atoms with E-state index in [1.54, 1.807) is 25.1 Å². The minimum atomic E-state index is -3.80. The Morgan fingerprint density at radius 1 is 0.600 bits per heavy atom. The van der Waals surface area contributed by atoms with Gasteiger partial charge in [-0.2, -0.15) is 0 Å². The van der Waals surface area contributed by atoms with Gasteiger partial charge in [0, 0.05) is 5.69 Å². The highest BCUT2D eigenvalue weighted by Gasteiger charge is 2.19. The smallest absolute Gasteiger partial charge is 0.262 e. The zero-order chi connectivity index (χ0) is 22.1. The van der Waals surface area contributed by atoms with Crippen molar-refractivity contribution < 1.29 is 16.8 Å². The zero-order valence-electron chi connectivity index (χ0n) is 17.2. The van der Waals surface area contributed by atoms with E-state index >= 15 is 0 Å². The highest BCUT2D eigenvalue weighted by molar-refractivity contribution is 7.93. The first-order valence-electron chi connectivity index (χ1n) is 9.28. The molecule has 0 radical (unpaired) electrons. The second kappa shape index (κ2) is 8.12. The Kier molecular flexibility index (Phi) is 5.92. The molecule has 0 atom stereocenters. The maximum absolute atomic E-state index is 12.7. The van der Waals surface area contributed by atoms with Gasteiger partial charge in [0.05, 0.1) is 15.5 Å². The Bertz CT molecular complexity index is 1300. The predicted molar refractivity (Wildman–Crippen MR) is 120 cm³/mol. The molecule has 3 rings (SSSR count). The van der Waals surface area contributed by atoms with Crippen LogP contribution in [0.5, 0.6) is 0 Å². The van der Waals surface area contributed by atoms with Crippen molar-refractivity contribution in [3.05, 3.63) is 82.9 Å². The highest BCUT2D eigenvalue weighted by Crippen LogP contribution is 2.24. The molecule has 0 aliphatic rings. The molecule has 30 heavy (non-hydrogen) atoms. The van der Waals surface area contributed by atoms with Gasteiger partial charge in [0.2, 0.25) is 0 Å². The topological polar surface area (TPSA) is 92.3 Å². The maximum atomic E-state index is 12.7. The molecule has 3 aromatic rings. The largest absolute Gasteiger partial charge is 0.280 e. The van der Waals surface area contributed by atoms with E-state index in [-0.39, 0.29) is 15.5 Å². The number of anilines is 2. The van der Waals surface area contributed by atoms with Gasteiger partial charge in [-0.25, -0.2) is 16.8 Å². The van der Waals surface area contributed by atoms with Gasteiger partial charge in [0.25, 0.3) is 20.0 Å². The molecule has 0 saturated carbocycles. The fourth-order valence-corrected chi connectivity index (χ4v) is 5.56. The molecule has 6 nitrogen and oxygen atoms in total. The standard InChI is InChI=1S/C22H24N2O4S2/c1-15-6-12-21(18(4)13-15)24-29(25,26)20-10-8-19(9-11-20)23-30(27,28)22-14-16(2)5-7-17(22)3/h5-14,23-24H,1-4H3. The molecule has 158 valence electrons. The molecule has 3 aromatic carbocycles. The van der Waals surface area contributed by atoms with Crippen molar-refractivity contribution in [3.63, 3.8) is 0 Å². The average molecular weight is 445 g/mol. The van der Waals surface area contributed by atoms with Gasteiger partial charge in [-0.05, 0) is 80.8 Å². The van der Waals surface area contributed by atoms with E-state index in [9.17, 15) is 16.8 Å². The molecule has 0 amide bonds. The predicted octanol–water partition coefficient (Wildman–Crippen LogP) is 4.52. The van der Waals surface area contributed by atoms with Crippen LogP contribution >= 0.6 is 0 Å². The molecule has 0 saturated heterocycles. The van der Waals surface area contributed by atoms with Crippen LogP contribution in [0.15, 0.2) is 70.5 Å². The monoisotopic (exact) mass is 444 g/mol. The first-order chi connectivity index (χ1) is 14.0. The lowest BCUT2D eigenvalue weighted by Gasteiger charge is -2.13. The second-order valence-electron chi connectivity index (χ2n) is 7.32. The third-order valence-corrected chi connectivity index (χ3v) is 7.58. The zero-order valence-corrected chi connectivity index (χ0v) is 18.9. The van der Waals surface area contributed by atoms with E-state index in [1.165, 1.54) is 24.3 Å². The van der Waals surface area contributed by atoms with E-state index in [0.29, 0.717) is 11.3 Å². The van der Waals surface area contributed by atoms with Crippen LogP contribution in [0.25, 0.3) is 0 Å². The van der Waals surface area contributed by atoms with Crippen LogP contribution in [-0.4, -0.2) is 16.8 Å². The van der Waals surface area contributed by atoms with Crippen LogP contribution in [0, 0.1) is 27.7 Å². The summed E-state index contributed by atoms with van der Waals surface area (Å²) in [4.78, 5) is 0.230. The third kappa shape index (κ3) is 4.83. The molecule has 2 N–H and O–H groups in total. The number of nitrogens with one attached hydrogen (secondary N) is 2. The van der Waals surface area contributed by atoms with Gasteiger partial charge in [0.1, 0.15) is 0 Å². The lowest BCUT2D eigenvalue weighted by atomic mass is 10.1. The first-order valence-corrected chi connectivity index (χ1v) is 12.2. The number of hydrogen-bond acceptors (Lipinski definition) is 4. The van der Waals surface area contributed by atoms with Gasteiger partial charge in [-0.1, -0.05) is 29.8 Å². The summed E-state index contributed by atoms with van der Waals surface area (Å²) in [6.07, 6.45) is 0. The number of sulfonamides is 2. The Morgan fingerprint density at radius 2 is 1.20 bits per heavy atom. The fraction of sp³-hybridized carbons (Fsp3) is 0.182. The summed E-state index contributed by atoms with van der Waals surface area (Å²) >= 11 is 0. The summed E-state index contributed by atoms with van der Waals surface area (Å²) in [7, 11) is -7.59. The van der Waals surface area contributed by atoms with E-state index in [1.807, 2.05) is 39.0 Å². The molecule has 0 fully saturated rings. The molecule has 0 spiro atoms. The van der Waals surface area contributed by atoms with Gasteiger partial charge < -0.3 is 0 Å². The van der Waals surface area contributed by atoms with Crippen LogP contribution in [-0.2, 0) is 20.0 Å². The quantitative estimate of drug-likeness (QED) is 0.585. The van der Waals surface area contributed by atoms with Crippen molar-refractivity contribution in [2.75, 3.05) is 9.44 Å². The number of benzene rings is 3. The Balaban J connectivity index is 1.82. The molecule has 0 aromatic heterocycles. The van der Waals surface area contributed by atoms with Crippen molar-refractivity contribution in [1.82, 2.24) is 0 Å².